The van der Waals surface area contributed by atoms with Crippen molar-refractivity contribution in [3.63, 3.8) is 0 Å². The van der Waals surface area contributed by atoms with Crippen LogP contribution in [0.15, 0.2) is 115 Å². The number of nitrogens with two attached hydrogens (primary N) is 1. The van der Waals surface area contributed by atoms with Crippen LogP contribution in [0, 0.1) is 6.92 Å². The molecule has 0 saturated heterocycles. The molecule has 0 amide bonds. The summed E-state index contributed by atoms with van der Waals surface area (Å²) >= 11 is 0. The van der Waals surface area contributed by atoms with E-state index in [1.165, 1.54) is 49.4 Å². The van der Waals surface area contributed by atoms with Crippen LogP contribution in [0.2, 0.25) is 0 Å². The number of nitrogens with zero attached hydrogens (tertiary/aromatic N) is 1. The number of aryl methyl sites for hydroxylation is 2. The highest BCUT2D eigenvalue weighted by Gasteiger charge is 2.11. The number of hydrogen-bond acceptors (Lipinski definition) is 4. The Balaban J connectivity index is 0.000000267. The minimum absolute atomic E-state index is 0.586. The minimum atomic E-state index is 0.586. The molecule has 0 unspecified atom stereocenters. The highest BCUT2D eigenvalue weighted by molar-refractivity contribution is 5.86. The molecule has 5 aromatic carbocycles. The third kappa shape index (κ3) is 7.93. The van der Waals surface area contributed by atoms with E-state index in [-0.39, 0.29) is 0 Å². The Morgan fingerprint density at radius 1 is 0.667 bits per heavy atom. The zero-order valence-corrected chi connectivity index (χ0v) is 24.9. The number of allylic oxidation sites excluding steroid dienone is 1. The van der Waals surface area contributed by atoms with Crippen molar-refractivity contribution >= 4 is 27.1 Å². The van der Waals surface area contributed by atoms with Gasteiger partial charge in [-0.05, 0) is 69.1 Å². The van der Waals surface area contributed by atoms with Crippen molar-refractivity contribution in [1.29, 1.82) is 0 Å². The summed E-state index contributed by atoms with van der Waals surface area (Å²) < 4.78 is 0. The van der Waals surface area contributed by atoms with Crippen molar-refractivity contribution in [2.75, 3.05) is 39.4 Å². The van der Waals surface area contributed by atoms with Crippen LogP contribution in [0.25, 0.3) is 27.1 Å². The molecule has 0 saturated carbocycles. The van der Waals surface area contributed by atoms with Gasteiger partial charge < -0.3 is 16.4 Å². The van der Waals surface area contributed by atoms with Crippen molar-refractivity contribution in [2.45, 2.75) is 26.3 Å². The van der Waals surface area contributed by atoms with Crippen LogP contribution in [-0.4, -0.2) is 44.3 Å². The van der Waals surface area contributed by atoms with E-state index in [4.69, 9.17) is 5.73 Å². The Bertz CT molecular complexity index is 1600. The van der Waals surface area contributed by atoms with Crippen LogP contribution in [0.1, 0.15) is 28.7 Å². The number of fused-ring (bicyclic) bond motifs is 3. The topological polar surface area (TPSA) is 53.3 Å². The van der Waals surface area contributed by atoms with Gasteiger partial charge >= 0.3 is 0 Å². The molecule has 1 aliphatic rings. The lowest BCUT2D eigenvalue weighted by atomic mass is 9.91. The van der Waals surface area contributed by atoms with Crippen molar-refractivity contribution in [3.05, 3.63) is 138 Å². The fourth-order valence-corrected chi connectivity index (χ4v) is 5.78. The Morgan fingerprint density at radius 3 is 2.05 bits per heavy atom. The van der Waals surface area contributed by atoms with Crippen LogP contribution < -0.4 is 16.4 Å². The molecule has 6 rings (SSSR count). The molecule has 0 fully saturated rings. The molecule has 1 aliphatic carbocycles. The maximum absolute atomic E-state index is 5.99. The molecule has 42 heavy (non-hydrogen) atoms. The zero-order chi connectivity index (χ0) is 29.0. The fourth-order valence-electron chi connectivity index (χ4n) is 5.78. The summed E-state index contributed by atoms with van der Waals surface area (Å²) in [4.78, 5) is 2.30. The van der Waals surface area contributed by atoms with Crippen molar-refractivity contribution in [2.24, 2.45) is 5.73 Å². The summed E-state index contributed by atoms with van der Waals surface area (Å²) in [6.45, 7) is 8.32. The van der Waals surface area contributed by atoms with Crippen molar-refractivity contribution in [1.82, 2.24) is 15.5 Å². The highest BCUT2D eigenvalue weighted by atomic mass is 15.2. The minimum Gasteiger partial charge on any atom is -0.318 e. The van der Waals surface area contributed by atoms with Gasteiger partial charge in [0.1, 0.15) is 0 Å². The molecule has 0 heterocycles. The largest absolute Gasteiger partial charge is 0.318 e. The number of rotatable bonds is 11. The van der Waals surface area contributed by atoms with E-state index < -0.39 is 0 Å². The number of hydrogen-bond donors (Lipinski definition) is 3. The maximum Gasteiger partial charge on any atom is 0.0456 e. The van der Waals surface area contributed by atoms with E-state index in [0.29, 0.717) is 6.67 Å². The molecule has 5 aromatic rings. The van der Waals surface area contributed by atoms with Crippen molar-refractivity contribution < 1.29 is 0 Å². The predicted molar refractivity (Wildman–Crippen MR) is 181 cm³/mol. The summed E-state index contributed by atoms with van der Waals surface area (Å²) in [5.41, 5.74) is 13.0. The SMILES string of the molecule is Cc1cccc2ccccc12.NCN(CCNCC1=CCCc2ccccc21)CCNCc1cccc2ccccc12. The Hall–Kier alpha value is -3.80. The molecule has 4 nitrogen and oxygen atoms in total. The van der Waals surface area contributed by atoms with Crippen LogP contribution in [0.5, 0.6) is 0 Å². The smallest absolute Gasteiger partial charge is 0.0456 e. The average molecular weight is 557 g/mol. The number of nitrogens with one attached hydrogen (secondary N) is 2. The average Bonchev–Trinajstić information content (AvgIpc) is 3.04. The lowest BCUT2D eigenvalue weighted by Crippen LogP contribution is -2.40. The summed E-state index contributed by atoms with van der Waals surface area (Å²) in [7, 11) is 0. The van der Waals surface area contributed by atoms with Gasteiger partial charge in [0.15, 0.2) is 0 Å². The standard InChI is InChI=1S/C27H34N4.C11H10/c28-21-31(17-15-29-19-24-11-5-9-22-7-1-3-13-26(22)24)18-16-30-20-25-12-6-10-23-8-2-4-14-27(23)25;1-9-5-4-7-10-6-2-3-8-11(9)10/h1-5,7-9,11-14,29-30H,6,10,15-21,28H2;2-8H,1H3. The summed E-state index contributed by atoms with van der Waals surface area (Å²) in [5, 5.41) is 12.5. The molecule has 0 bridgehead atoms. The molecule has 216 valence electrons. The molecule has 0 aromatic heterocycles. The summed E-state index contributed by atoms with van der Waals surface area (Å²) in [6, 6.07) is 38.7. The Labute approximate surface area is 251 Å². The molecular weight excluding hydrogens is 512 g/mol. The summed E-state index contributed by atoms with van der Waals surface area (Å²) in [5.74, 6) is 0. The van der Waals surface area contributed by atoms with Crippen LogP contribution >= 0.6 is 0 Å². The normalized spacial score (nSPS) is 12.6. The second-order valence-electron chi connectivity index (χ2n) is 11.0. The zero-order valence-electron chi connectivity index (χ0n) is 24.9. The monoisotopic (exact) mass is 556 g/mol. The van der Waals surface area contributed by atoms with E-state index in [0.717, 1.165) is 52.1 Å². The highest BCUT2D eigenvalue weighted by Crippen LogP contribution is 2.25. The molecule has 0 spiro atoms. The van der Waals surface area contributed by atoms with Gasteiger partial charge in [0.2, 0.25) is 0 Å². The quantitative estimate of drug-likeness (QED) is 0.122. The molecular formula is C38H44N4. The molecule has 0 atom stereocenters. The first-order valence-corrected chi connectivity index (χ1v) is 15.2. The van der Waals surface area contributed by atoms with Crippen LogP contribution in [-0.2, 0) is 13.0 Å². The number of benzene rings is 5. The van der Waals surface area contributed by atoms with Gasteiger partial charge in [0.05, 0.1) is 0 Å². The maximum atomic E-state index is 5.99. The second kappa shape index (κ2) is 15.4. The third-order valence-corrected chi connectivity index (χ3v) is 8.15. The molecule has 0 aliphatic heterocycles. The van der Waals surface area contributed by atoms with Gasteiger partial charge in [-0.25, -0.2) is 0 Å². The second-order valence-corrected chi connectivity index (χ2v) is 11.0. The Kier molecular flexibility index (Phi) is 10.9. The van der Waals surface area contributed by atoms with Gasteiger partial charge in [-0.15, -0.1) is 0 Å². The Morgan fingerprint density at radius 2 is 1.29 bits per heavy atom. The van der Waals surface area contributed by atoms with Crippen LogP contribution in [0.3, 0.4) is 0 Å². The van der Waals surface area contributed by atoms with Gasteiger partial charge in [-0.1, -0.05) is 115 Å². The predicted octanol–water partition coefficient (Wildman–Crippen LogP) is 6.92. The first-order valence-electron chi connectivity index (χ1n) is 15.2. The lowest BCUT2D eigenvalue weighted by Gasteiger charge is -2.22. The van der Waals surface area contributed by atoms with E-state index in [1.54, 1.807) is 0 Å². The third-order valence-electron chi connectivity index (χ3n) is 8.15. The van der Waals surface area contributed by atoms with E-state index >= 15 is 0 Å². The summed E-state index contributed by atoms with van der Waals surface area (Å²) in [6.07, 6.45) is 4.69. The van der Waals surface area contributed by atoms with E-state index in [1.807, 2.05) is 0 Å². The molecule has 0 radical (unpaired) electrons. The fraction of sp³-hybridized carbons (Fsp3) is 0.263. The first kappa shape index (κ1) is 29.7. The molecule has 4 heteroatoms. The van der Waals surface area contributed by atoms with Gasteiger partial charge in [-0.3, -0.25) is 4.90 Å². The van der Waals surface area contributed by atoms with E-state index in [9.17, 15) is 0 Å². The molecule has 4 N–H and O–H groups in total. The van der Waals surface area contributed by atoms with Gasteiger partial charge in [0.25, 0.3) is 0 Å². The van der Waals surface area contributed by atoms with Gasteiger partial charge in [-0.2, -0.15) is 0 Å². The van der Waals surface area contributed by atoms with E-state index in [2.05, 4.69) is 138 Å². The van der Waals surface area contributed by atoms with Crippen LogP contribution in [0.4, 0.5) is 0 Å². The van der Waals surface area contributed by atoms with Gasteiger partial charge in [0, 0.05) is 45.9 Å². The first-order chi connectivity index (χ1) is 20.7. The van der Waals surface area contributed by atoms with Crippen molar-refractivity contribution in [3.8, 4) is 0 Å². The lowest BCUT2D eigenvalue weighted by molar-refractivity contribution is 0.281.